The summed E-state index contributed by atoms with van der Waals surface area (Å²) in [5, 5.41) is 11.8. The second-order valence-corrected chi connectivity index (χ2v) is 5.31. The van der Waals surface area contributed by atoms with E-state index in [1.807, 2.05) is 0 Å². The van der Waals surface area contributed by atoms with E-state index in [2.05, 4.69) is 37.8 Å². The average molecular weight is 329 g/mol. The van der Waals surface area contributed by atoms with Gasteiger partial charge in [0.2, 0.25) is 0 Å². The Morgan fingerprint density at radius 2 is 2.42 bits per heavy atom. The highest BCUT2D eigenvalue weighted by Gasteiger charge is 2.35. The number of rotatable bonds is 3. The lowest BCUT2D eigenvalue weighted by atomic mass is 10.0. The summed E-state index contributed by atoms with van der Waals surface area (Å²) in [5.74, 6) is -1.04. The molecule has 1 aromatic rings. The highest BCUT2D eigenvalue weighted by molar-refractivity contribution is 9.11. The molecule has 0 bridgehead atoms. The normalized spacial score (nSPS) is 17.7. The first-order valence-corrected chi connectivity index (χ1v) is 6.40. The molecule has 0 saturated carbocycles. The topological polar surface area (TPSA) is 98.3 Å². The van der Waals surface area contributed by atoms with E-state index in [1.54, 1.807) is 0 Å². The lowest BCUT2D eigenvalue weighted by Crippen LogP contribution is -2.52. The molecule has 0 aromatic carbocycles. The van der Waals surface area contributed by atoms with Crippen molar-refractivity contribution >= 4 is 27.9 Å². The van der Waals surface area contributed by atoms with Gasteiger partial charge >= 0.3 is 12.0 Å². The fraction of sp³-hybridized carbons (Fsp3) is 0.364. The zero-order valence-corrected chi connectivity index (χ0v) is 11.6. The summed E-state index contributed by atoms with van der Waals surface area (Å²) in [6, 6.07) is -1.34. The Hall–Kier alpha value is -1.83. The van der Waals surface area contributed by atoms with Crippen molar-refractivity contribution in [2.75, 3.05) is 6.54 Å². The minimum Gasteiger partial charge on any atom is -0.480 e. The number of amides is 2. The van der Waals surface area contributed by atoms with Crippen molar-refractivity contribution in [3.8, 4) is 0 Å². The quantitative estimate of drug-likeness (QED) is 0.765. The van der Waals surface area contributed by atoms with E-state index in [0.29, 0.717) is 10.2 Å². The first-order chi connectivity index (χ1) is 8.99. The summed E-state index contributed by atoms with van der Waals surface area (Å²) in [6.07, 6.45) is 1.71. The van der Waals surface area contributed by atoms with Crippen molar-refractivity contribution in [2.24, 2.45) is 0 Å². The molecule has 0 fully saturated rings. The van der Waals surface area contributed by atoms with E-state index in [1.165, 1.54) is 11.2 Å². The maximum Gasteiger partial charge on any atom is 0.326 e. The predicted octanol–water partition coefficient (Wildman–Crippen LogP) is 0.839. The fourth-order valence-electron chi connectivity index (χ4n) is 1.94. The Bertz CT molecular complexity index is 528. The van der Waals surface area contributed by atoms with Gasteiger partial charge in [-0.05, 0) is 0 Å². The van der Waals surface area contributed by atoms with Crippen LogP contribution in [0.2, 0.25) is 0 Å². The third-order valence-electron chi connectivity index (χ3n) is 2.88. The van der Waals surface area contributed by atoms with Crippen LogP contribution in [0.15, 0.2) is 17.4 Å². The molecular weight excluding hydrogens is 316 g/mol. The molecule has 0 spiro atoms. The number of hydrogen-bond donors (Lipinski definition) is 3. The van der Waals surface area contributed by atoms with Gasteiger partial charge in [-0.25, -0.2) is 14.6 Å². The van der Waals surface area contributed by atoms with Crippen LogP contribution in [0.5, 0.6) is 0 Å². The van der Waals surface area contributed by atoms with Crippen LogP contribution in [0.1, 0.15) is 11.4 Å². The second-order valence-electron chi connectivity index (χ2n) is 4.19. The standard InChI is InChI=1S/C11H13BrN4O3/c1-6(12)3-13-11(19)16-4-8-7(14-5-15-8)2-9(16)10(17)18/h5,9H,1-4H2,(H,13,19)(H,14,15)(H,17,18). The zero-order valence-electron chi connectivity index (χ0n) is 10.0. The fourth-order valence-corrected chi connectivity index (χ4v) is 2.08. The Labute approximate surface area is 117 Å². The molecular formula is C11H13BrN4O3. The van der Waals surface area contributed by atoms with Crippen molar-refractivity contribution in [1.29, 1.82) is 0 Å². The van der Waals surface area contributed by atoms with Crippen molar-refractivity contribution in [2.45, 2.75) is 19.0 Å². The van der Waals surface area contributed by atoms with Gasteiger partial charge in [0.05, 0.1) is 30.8 Å². The minimum absolute atomic E-state index is 0.201. The maximum absolute atomic E-state index is 12.0. The molecule has 1 aliphatic rings. The molecule has 2 amide bonds. The molecule has 2 heterocycles. The van der Waals surface area contributed by atoms with Crippen LogP contribution in [-0.4, -0.2) is 44.6 Å². The monoisotopic (exact) mass is 328 g/mol. The Morgan fingerprint density at radius 3 is 3.05 bits per heavy atom. The lowest BCUT2D eigenvalue weighted by Gasteiger charge is -2.32. The number of hydrogen-bond acceptors (Lipinski definition) is 3. The number of halogens is 1. The van der Waals surface area contributed by atoms with Gasteiger partial charge in [0.15, 0.2) is 0 Å². The smallest absolute Gasteiger partial charge is 0.326 e. The minimum atomic E-state index is -1.04. The first-order valence-electron chi connectivity index (χ1n) is 5.60. The molecule has 1 unspecified atom stereocenters. The van der Waals surface area contributed by atoms with Gasteiger partial charge in [0.25, 0.3) is 0 Å². The number of carboxylic acid groups (broad SMARTS) is 1. The molecule has 1 atom stereocenters. The number of H-pyrrole nitrogens is 1. The van der Waals surface area contributed by atoms with E-state index in [-0.39, 0.29) is 19.5 Å². The lowest BCUT2D eigenvalue weighted by molar-refractivity contribution is -0.142. The van der Waals surface area contributed by atoms with Gasteiger partial charge in [0, 0.05) is 10.9 Å². The van der Waals surface area contributed by atoms with Crippen LogP contribution in [-0.2, 0) is 17.8 Å². The summed E-state index contributed by atoms with van der Waals surface area (Å²) in [6.45, 7) is 4.05. The molecule has 0 radical (unpaired) electrons. The average Bonchev–Trinajstić information content (AvgIpc) is 2.81. The molecule has 0 saturated heterocycles. The number of carbonyl (C=O) groups excluding carboxylic acids is 1. The van der Waals surface area contributed by atoms with Crippen LogP contribution in [0, 0.1) is 0 Å². The van der Waals surface area contributed by atoms with Crippen molar-refractivity contribution < 1.29 is 14.7 Å². The van der Waals surface area contributed by atoms with Gasteiger partial charge in [0.1, 0.15) is 6.04 Å². The molecule has 3 N–H and O–H groups in total. The Balaban J connectivity index is 2.15. The molecule has 8 heteroatoms. The number of imidazole rings is 1. The summed E-state index contributed by atoms with van der Waals surface area (Å²) < 4.78 is 0.618. The number of carboxylic acids is 1. The van der Waals surface area contributed by atoms with Gasteiger partial charge in [-0.1, -0.05) is 22.5 Å². The number of aromatic amines is 1. The van der Waals surface area contributed by atoms with E-state index in [4.69, 9.17) is 0 Å². The van der Waals surface area contributed by atoms with Crippen LogP contribution >= 0.6 is 15.9 Å². The third-order valence-corrected chi connectivity index (χ3v) is 3.16. The van der Waals surface area contributed by atoms with Crippen molar-refractivity contribution in [3.05, 3.63) is 28.8 Å². The largest absolute Gasteiger partial charge is 0.480 e. The number of urea groups is 1. The van der Waals surface area contributed by atoms with E-state index >= 15 is 0 Å². The second kappa shape index (κ2) is 5.43. The highest BCUT2D eigenvalue weighted by atomic mass is 79.9. The number of nitrogens with one attached hydrogen (secondary N) is 2. The van der Waals surface area contributed by atoms with Gasteiger partial charge < -0.3 is 20.3 Å². The van der Waals surface area contributed by atoms with Gasteiger partial charge in [-0.2, -0.15) is 0 Å². The number of aliphatic carboxylic acids is 1. The number of fused-ring (bicyclic) bond motifs is 1. The molecule has 2 rings (SSSR count). The number of nitrogens with zero attached hydrogens (tertiary/aromatic N) is 2. The van der Waals surface area contributed by atoms with Crippen LogP contribution in [0.3, 0.4) is 0 Å². The molecule has 7 nitrogen and oxygen atoms in total. The summed E-state index contributed by atoms with van der Waals surface area (Å²) in [5.41, 5.74) is 1.46. The van der Waals surface area contributed by atoms with Crippen LogP contribution < -0.4 is 5.32 Å². The molecule has 1 aliphatic heterocycles. The zero-order chi connectivity index (χ0) is 14.0. The number of aromatic nitrogens is 2. The van der Waals surface area contributed by atoms with Crippen LogP contribution in [0.4, 0.5) is 4.79 Å². The SMILES string of the molecule is C=C(Br)CNC(=O)N1Cc2[nH]cnc2CC1C(=O)O. The predicted molar refractivity (Wildman–Crippen MR) is 70.7 cm³/mol. The number of carbonyl (C=O) groups is 2. The van der Waals surface area contributed by atoms with E-state index in [9.17, 15) is 14.7 Å². The van der Waals surface area contributed by atoms with Gasteiger partial charge in [-0.15, -0.1) is 0 Å². The van der Waals surface area contributed by atoms with E-state index < -0.39 is 18.0 Å². The molecule has 102 valence electrons. The summed E-state index contributed by atoms with van der Waals surface area (Å²) >= 11 is 3.13. The third kappa shape index (κ3) is 2.95. The highest BCUT2D eigenvalue weighted by Crippen LogP contribution is 2.20. The summed E-state index contributed by atoms with van der Waals surface area (Å²) in [7, 11) is 0. The Kier molecular flexibility index (Phi) is 3.89. The van der Waals surface area contributed by atoms with Crippen LogP contribution in [0.25, 0.3) is 0 Å². The molecule has 0 aliphatic carbocycles. The first kappa shape index (κ1) is 13.6. The van der Waals surface area contributed by atoms with Crippen molar-refractivity contribution in [3.63, 3.8) is 0 Å². The summed E-state index contributed by atoms with van der Waals surface area (Å²) in [4.78, 5) is 31.5. The van der Waals surface area contributed by atoms with Crippen molar-refractivity contribution in [1.82, 2.24) is 20.2 Å². The molecule has 19 heavy (non-hydrogen) atoms. The van der Waals surface area contributed by atoms with E-state index in [0.717, 1.165) is 5.69 Å². The van der Waals surface area contributed by atoms with Gasteiger partial charge in [-0.3, -0.25) is 0 Å². The Morgan fingerprint density at radius 1 is 1.68 bits per heavy atom. The molecule has 1 aromatic heterocycles. The maximum atomic E-state index is 12.0.